The standard InChI is InChI=1S/C14H28N2/c1-3-11-16(12-4-2)13-5-6-14-7-9-15-10-8-14/h3,14-15H,1,4-13H2,2H3. The van der Waals surface area contributed by atoms with Gasteiger partial charge in [0.05, 0.1) is 0 Å². The third-order valence-corrected chi connectivity index (χ3v) is 3.47. The Labute approximate surface area is 101 Å². The molecule has 1 aliphatic rings. The molecule has 1 N–H and O–H groups in total. The maximum Gasteiger partial charge on any atom is 0.0160 e. The van der Waals surface area contributed by atoms with Crippen LogP contribution in [0.25, 0.3) is 0 Å². The van der Waals surface area contributed by atoms with Crippen LogP contribution in [0.2, 0.25) is 0 Å². The van der Waals surface area contributed by atoms with E-state index < -0.39 is 0 Å². The number of nitrogens with one attached hydrogen (secondary N) is 1. The zero-order chi connectivity index (χ0) is 11.6. The smallest absolute Gasteiger partial charge is 0.0160 e. The van der Waals surface area contributed by atoms with Crippen LogP contribution in [-0.4, -0.2) is 37.6 Å². The largest absolute Gasteiger partial charge is 0.317 e. The van der Waals surface area contributed by atoms with Gasteiger partial charge < -0.3 is 5.32 Å². The van der Waals surface area contributed by atoms with Gasteiger partial charge in [0.15, 0.2) is 0 Å². The van der Waals surface area contributed by atoms with Gasteiger partial charge in [0.1, 0.15) is 0 Å². The topological polar surface area (TPSA) is 15.3 Å². The van der Waals surface area contributed by atoms with E-state index in [9.17, 15) is 0 Å². The first kappa shape index (κ1) is 13.7. The van der Waals surface area contributed by atoms with Crippen LogP contribution in [0, 0.1) is 5.92 Å². The van der Waals surface area contributed by atoms with Crippen LogP contribution in [0.4, 0.5) is 0 Å². The molecule has 0 aromatic heterocycles. The molecule has 0 amide bonds. The Morgan fingerprint density at radius 2 is 2.06 bits per heavy atom. The van der Waals surface area contributed by atoms with Gasteiger partial charge in [-0.15, -0.1) is 6.58 Å². The summed E-state index contributed by atoms with van der Waals surface area (Å²) in [7, 11) is 0. The van der Waals surface area contributed by atoms with E-state index in [0.717, 1.165) is 12.5 Å². The Balaban J connectivity index is 2.08. The van der Waals surface area contributed by atoms with Crippen LogP contribution in [0.5, 0.6) is 0 Å². The van der Waals surface area contributed by atoms with Gasteiger partial charge in [-0.05, 0) is 64.2 Å². The van der Waals surface area contributed by atoms with E-state index in [2.05, 4.69) is 23.7 Å². The average molecular weight is 224 g/mol. The highest BCUT2D eigenvalue weighted by molar-refractivity contribution is 4.74. The third kappa shape index (κ3) is 5.66. The SMILES string of the molecule is C=CCN(CCC)CCCC1CCNCC1. The molecule has 0 unspecified atom stereocenters. The minimum atomic E-state index is 0.980. The molecule has 0 saturated carbocycles. The van der Waals surface area contributed by atoms with Crippen LogP contribution in [0.1, 0.15) is 39.0 Å². The first-order chi connectivity index (χ1) is 7.86. The molecule has 1 rings (SSSR count). The molecule has 1 saturated heterocycles. The molecule has 1 fully saturated rings. The monoisotopic (exact) mass is 224 g/mol. The van der Waals surface area contributed by atoms with E-state index in [1.807, 2.05) is 6.08 Å². The predicted octanol–water partition coefficient (Wildman–Crippen LogP) is 2.66. The maximum absolute atomic E-state index is 3.83. The Bertz CT molecular complexity index is 174. The summed E-state index contributed by atoms with van der Waals surface area (Å²) in [5, 5.41) is 3.43. The summed E-state index contributed by atoms with van der Waals surface area (Å²) in [6.07, 6.45) is 8.82. The third-order valence-electron chi connectivity index (χ3n) is 3.47. The van der Waals surface area contributed by atoms with Gasteiger partial charge in [-0.3, -0.25) is 4.90 Å². The van der Waals surface area contributed by atoms with Crippen LogP contribution in [-0.2, 0) is 0 Å². The highest BCUT2D eigenvalue weighted by atomic mass is 15.1. The number of hydrogen-bond donors (Lipinski definition) is 1. The van der Waals surface area contributed by atoms with E-state index in [-0.39, 0.29) is 0 Å². The van der Waals surface area contributed by atoms with Crippen molar-refractivity contribution in [1.29, 1.82) is 0 Å². The Morgan fingerprint density at radius 3 is 2.69 bits per heavy atom. The molecule has 16 heavy (non-hydrogen) atoms. The van der Waals surface area contributed by atoms with Crippen molar-refractivity contribution < 1.29 is 0 Å². The Kier molecular flexibility index (Phi) is 7.52. The van der Waals surface area contributed by atoms with Crippen molar-refractivity contribution >= 4 is 0 Å². The van der Waals surface area contributed by atoms with Crippen LogP contribution in [0.15, 0.2) is 12.7 Å². The van der Waals surface area contributed by atoms with E-state index in [4.69, 9.17) is 0 Å². The first-order valence-electron chi connectivity index (χ1n) is 6.90. The van der Waals surface area contributed by atoms with E-state index in [1.165, 1.54) is 58.3 Å². The van der Waals surface area contributed by atoms with Crippen molar-refractivity contribution in [3.63, 3.8) is 0 Å². The second kappa shape index (κ2) is 8.77. The first-order valence-corrected chi connectivity index (χ1v) is 6.90. The van der Waals surface area contributed by atoms with Gasteiger partial charge in [-0.25, -0.2) is 0 Å². The summed E-state index contributed by atoms with van der Waals surface area (Å²) < 4.78 is 0. The fourth-order valence-electron chi connectivity index (χ4n) is 2.57. The number of nitrogens with zero attached hydrogens (tertiary/aromatic N) is 1. The van der Waals surface area contributed by atoms with Crippen molar-refractivity contribution in [2.75, 3.05) is 32.7 Å². The number of hydrogen-bond acceptors (Lipinski definition) is 2. The van der Waals surface area contributed by atoms with E-state index in [1.54, 1.807) is 0 Å². The van der Waals surface area contributed by atoms with Gasteiger partial charge in [-0.1, -0.05) is 13.0 Å². The molecule has 0 spiro atoms. The summed E-state index contributed by atoms with van der Waals surface area (Å²) in [5.74, 6) is 0.980. The molecule has 2 heteroatoms. The van der Waals surface area contributed by atoms with E-state index >= 15 is 0 Å². The molecule has 0 radical (unpaired) electrons. The van der Waals surface area contributed by atoms with Gasteiger partial charge in [-0.2, -0.15) is 0 Å². The molecule has 0 aromatic rings. The molecule has 1 aliphatic heterocycles. The molecule has 0 aromatic carbocycles. The average Bonchev–Trinajstić information content (AvgIpc) is 2.31. The minimum absolute atomic E-state index is 0.980. The summed E-state index contributed by atoms with van der Waals surface area (Å²) in [6, 6.07) is 0. The lowest BCUT2D eigenvalue weighted by Gasteiger charge is -2.24. The van der Waals surface area contributed by atoms with Crippen molar-refractivity contribution in [3.05, 3.63) is 12.7 Å². The lowest BCUT2D eigenvalue weighted by molar-refractivity contribution is 0.272. The van der Waals surface area contributed by atoms with E-state index in [0.29, 0.717) is 0 Å². The maximum atomic E-state index is 3.83. The molecule has 94 valence electrons. The second-order valence-corrected chi connectivity index (χ2v) is 4.92. The summed E-state index contributed by atoms with van der Waals surface area (Å²) in [5.41, 5.74) is 0. The number of rotatable bonds is 8. The minimum Gasteiger partial charge on any atom is -0.317 e. The predicted molar refractivity (Wildman–Crippen MR) is 71.8 cm³/mol. The number of piperidine rings is 1. The van der Waals surface area contributed by atoms with Crippen LogP contribution < -0.4 is 5.32 Å². The van der Waals surface area contributed by atoms with Gasteiger partial charge in [0.2, 0.25) is 0 Å². The molecular weight excluding hydrogens is 196 g/mol. The lowest BCUT2D eigenvalue weighted by Crippen LogP contribution is -2.29. The summed E-state index contributed by atoms with van der Waals surface area (Å²) in [4.78, 5) is 2.52. The molecular formula is C14H28N2. The fourth-order valence-corrected chi connectivity index (χ4v) is 2.57. The summed E-state index contributed by atoms with van der Waals surface area (Å²) >= 11 is 0. The Hall–Kier alpha value is -0.340. The molecule has 2 nitrogen and oxygen atoms in total. The van der Waals surface area contributed by atoms with Gasteiger partial charge >= 0.3 is 0 Å². The van der Waals surface area contributed by atoms with Crippen LogP contribution in [0.3, 0.4) is 0 Å². The zero-order valence-electron chi connectivity index (χ0n) is 10.9. The zero-order valence-corrected chi connectivity index (χ0v) is 10.9. The van der Waals surface area contributed by atoms with Gasteiger partial charge in [0.25, 0.3) is 0 Å². The molecule has 0 bridgehead atoms. The summed E-state index contributed by atoms with van der Waals surface area (Å²) in [6.45, 7) is 12.1. The fraction of sp³-hybridized carbons (Fsp3) is 0.857. The highest BCUT2D eigenvalue weighted by Crippen LogP contribution is 2.17. The Morgan fingerprint density at radius 1 is 1.31 bits per heavy atom. The van der Waals surface area contributed by atoms with Gasteiger partial charge in [0, 0.05) is 6.54 Å². The molecule has 1 heterocycles. The quantitative estimate of drug-likeness (QED) is 0.638. The molecule has 0 aliphatic carbocycles. The molecule has 0 atom stereocenters. The van der Waals surface area contributed by atoms with Crippen molar-refractivity contribution in [3.8, 4) is 0 Å². The van der Waals surface area contributed by atoms with Crippen LogP contribution >= 0.6 is 0 Å². The van der Waals surface area contributed by atoms with Crippen molar-refractivity contribution in [1.82, 2.24) is 10.2 Å². The lowest BCUT2D eigenvalue weighted by atomic mass is 9.93. The van der Waals surface area contributed by atoms with Crippen molar-refractivity contribution in [2.24, 2.45) is 5.92 Å². The van der Waals surface area contributed by atoms with Crippen molar-refractivity contribution in [2.45, 2.75) is 39.0 Å². The normalized spacial score (nSPS) is 17.9. The highest BCUT2D eigenvalue weighted by Gasteiger charge is 2.12. The second-order valence-electron chi connectivity index (χ2n) is 4.92.